The van der Waals surface area contributed by atoms with Gasteiger partial charge in [-0.2, -0.15) is 0 Å². The molecule has 0 unspecified atom stereocenters. The van der Waals surface area contributed by atoms with Gasteiger partial charge in [0.1, 0.15) is 11.3 Å². The number of para-hydroxylation sites is 1. The first-order chi connectivity index (χ1) is 16.1. The molecule has 4 aromatic rings. The highest BCUT2D eigenvalue weighted by molar-refractivity contribution is 7.80. The van der Waals surface area contributed by atoms with E-state index in [0.717, 1.165) is 11.8 Å². The highest BCUT2D eigenvalue weighted by atomic mass is 32.1. The van der Waals surface area contributed by atoms with Gasteiger partial charge in [0.05, 0.1) is 6.61 Å². The zero-order chi connectivity index (χ0) is 23.0. The fourth-order valence-corrected chi connectivity index (χ4v) is 3.25. The quantitative estimate of drug-likeness (QED) is 0.298. The second-order valence-electron chi connectivity index (χ2n) is 7.12. The second kappa shape index (κ2) is 10.4. The van der Waals surface area contributed by atoms with E-state index < -0.39 is 11.8 Å². The van der Waals surface area contributed by atoms with E-state index in [0.29, 0.717) is 23.5 Å². The molecule has 0 fully saturated rings. The molecule has 7 nitrogen and oxygen atoms in total. The fourth-order valence-electron chi connectivity index (χ4n) is 3.11. The van der Waals surface area contributed by atoms with Gasteiger partial charge in [0.25, 0.3) is 5.91 Å². The molecule has 166 valence electrons. The van der Waals surface area contributed by atoms with Crippen LogP contribution in [0.4, 0.5) is 0 Å². The van der Waals surface area contributed by atoms with Crippen molar-refractivity contribution in [2.45, 2.75) is 6.42 Å². The first-order valence-corrected chi connectivity index (χ1v) is 10.7. The Labute approximate surface area is 195 Å². The van der Waals surface area contributed by atoms with Crippen LogP contribution in [0.15, 0.2) is 89.3 Å². The number of nitrogens with one attached hydrogen (secondary N) is 3. The lowest BCUT2D eigenvalue weighted by molar-refractivity contribution is 0.0912. The SMILES string of the molecule is O=C(NC(=S)NNC(=O)c1cc2ccccc2o1)c1ccc(OCCc2ccccc2)cc1. The Kier molecular flexibility index (Phi) is 6.96. The van der Waals surface area contributed by atoms with Crippen LogP contribution >= 0.6 is 12.2 Å². The number of amides is 2. The molecule has 0 aliphatic carbocycles. The number of furan rings is 1. The third-order valence-corrected chi connectivity index (χ3v) is 4.99. The van der Waals surface area contributed by atoms with E-state index >= 15 is 0 Å². The van der Waals surface area contributed by atoms with Crippen LogP contribution in [0.3, 0.4) is 0 Å². The van der Waals surface area contributed by atoms with Crippen molar-refractivity contribution in [3.05, 3.63) is 102 Å². The number of ether oxygens (including phenoxy) is 1. The Morgan fingerprint density at radius 2 is 1.58 bits per heavy atom. The van der Waals surface area contributed by atoms with Crippen LogP contribution in [0, 0.1) is 0 Å². The third-order valence-electron chi connectivity index (χ3n) is 4.78. The average molecular weight is 460 g/mol. The van der Waals surface area contributed by atoms with Crippen LogP contribution in [0.25, 0.3) is 11.0 Å². The molecule has 0 atom stereocenters. The summed E-state index contributed by atoms with van der Waals surface area (Å²) in [5.41, 5.74) is 7.10. The minimum absolute atomic E-state index is 0.0485. The average Bonchev–Trinajstić information content (AvgIpc) is 3.28. The number of hydrogen-bond acceptors (Lipinski definition) is 5. The number of hydrazine groups is 1. The Morgan fingerprint density at radius 1 is 0.848 bits per heavy atom. The first kappa shape index (κ1) is 22.0. The van der Waals surface area contributed by atoms with Gasteiger partial charge in [-0.1, -0.05) is 48.5 Å². The van der Waals surface area contributed by atoms with E-state index in [1.54, 1.807) is 36.4 Å². The van der Waals surface area contributed by atoms with Crippen molar-refractivity contribution in [2.75, 3.05) is 6.61 Å². The zero-order valence-electron chi connectivity index (χ0n) is 17.5. The van der Waals surface area contributed by atoms with Gasteiger partial charge >= 0.3 is 5.91 Å². The summed E-state index contributed by atoms with van der Waals surface area (Å²) in [6, 6.07) is 25.7. The van der Waals surface area contributed by atoms with Crippen molar-refractivity contribution in [2.24, 2.45) is 0 Å². The van der Waals surface area contributed by atoms with Crippen LogP contribution in [0.1, 0.15) is 26.5 Å². The standard InChI is InChI=1S/C25H21N3O4S/c29-23(18-10-12-20(13-11-18)31-15-14-17-6-2-1-3-7-17)26-25(33)28-27-24(30)22-16-19-8-4-5-9-21(19)32-22/h1-13,16H,14-15H2,(H,27,30)(H2,26,28,29,33). The number of rotatable bonds is 6. The monoisotopic (exact) mass is 459 g/mol. The van der Waals surface area contributed by atoms with Gasteiger partial charge in [-0.15, -0.1) is 0 Å². The summed E-state index contributed by atoms with van der Waals surface area (Å²) in [6.07, 6.45) is 0.794. The molecule has 1 heterocycles. The van der Waals surface area contributed by atoms with E-state index in [1.807, 2.05) is 48.5 Å². The Bertz CT molecular complexity index is 1240. The summed E-state index contributed by atoms with van der Waals surface area (Å²) in [5, 5.41) is 3.27. The van der Waals surface area contributed by atoms with Gasteiger partial charge in [-0.25, -0.2) is 0 Å². The summed E-state index contributed by atoms with van der Waals surface area (Å²) in [6.45, 7) is 0.536. The van der Waals surface area contributed by atoms with Crippen molar-refractivity contribution < 1.29 is 18.7 Å². The van der Waals surface area contributed by atoms with E-state index in [1.165, 1.54) is 5.56 Å². The molecule has 0 saturated heterocycles. The summed E-state index contributed by atoms with van der Waals surface area (Å²) >= 11 is 5.08. The van der Waals surface area contributed by atoms with Gasteiger partial charge in [-0.05, 0) is 54.2 Å². The molecule has 4 rings (SSSR count). The van der Waals surface area contributed by atoms with Crippen LogP contribution in [0.5, 0.6) is 5.75 Å². The van der Waals surface area contributed by atoms with Crippen molar-refractivity contribution in [3.63, 3.8) is 0 Å². The maximum atomic E-state index is 12.4. The van der Waals surface area contributed by atoms with Crippen LogP contribution < -0.4 is 20.9 Å². The van der Waals surface area contributed by atoms with Gasteiger partial charge in [0, 0.05) is 17.4 Å². The number of hydrogen-bond donors (Lipinski definition) is 3. The molecule has 1 aromatic heterocycles. The molecule has 2 amide bonds. The molecule has 0 aliphatic rings. The number of carbonyl (C=O) groups excluding carboxylic acids is 2. The molecule has 0 bridgehead atoms. The van der Waals surface area contributed by atoms with Gasteiger partial charge in [0.15, 0.2) is 10.9 Å². The molecule has 3 N–H and O–H groups in total. The predicted molar refractivity (Wildman–Crippen MR) is 129 cm³/mol. The Morgan fingerprint density at radius 3 is 2.33 bits per heavy atom. The van der Waals surface area contributed by atoms with Gasteiger partial charge in [-0.3, -0.25) is 25.8 Å². The molecule has 0 saturated carbocycles. The first-order valence-electron chi connectivity index (χ1n) is 10.3. The maximum Gasteiger partial charge on any atom is 0.305 e. The largest absolute Gasteiger partial charge is 0.493 e. The van der Waals surface area contributed by atoms with Crippen LogP contribution in [-0.2, 0) is 6.42 Å². The minimum Gasteiger partial charge on any atom is -0.493 e. The number of carbonyl (C=O) groups is 2. The fraction of sp³-hybridized carbons (Fsp3) is 0.0800. The second-order valence-corrected chi connectivity index (χ2v) is 7.53. The molecule has 0 radical (unpaired) electrons. The molecular weight excluding hydrogens is 438 g/mol. The molecule has 0 aliphatic heterocycles. The van der Waals surface area contributed by atoms with Crippen molar-refractivity contribution in [1.82, 2.24) is 16.2 Å². The summed E-state index contributed by atoms with van der Waals surface area (Å²) < 4.78 is 11.2. The maximum absolute atomic E-state index is 12.4. The Balaban J connectivity index is 1.22. The zero-order valence-corrected chi connectivity index (χ0v) is 18.4. The van der Waals surface area contributed by atoms with E-state index in [4.69, 9.17) is 21.4 Å². The lowest BCUT2D eigenvalue weighted by Crippen LogP contribution is -2.48. The van der Waals surface area contributed by atoms with Gasteiger partial charge in [0.2, 0.25) is 0 Å². The molecule has 8 heteroatoms. The van der Waals surface area contributed by atoms with Crippen molar-refractivity contribution in [1.29, 1.82) is 0 Å². The highest BCUT2D eigenvalue weighted by Gasteiger charge is 2.13. The minimum atomic E-state index is -0.514. The lowest BCUT2D eigenvalue weighted by atomic mass is 10.2. The third kappa shape index (κ3) is 5.96. The smallest absolute Gasteiger partial charge is 0.305 e. The van der Waals surface area contributed by atoms with Gasteiger partial charge < -0.3 is 9.15 Å². The van der Waals surface area contributed by atoms with Crippen molar-refractivity contribution in [3.8, 4) is 5.75 Å². The number of thiocarbonyl (C=S) groups is 1. The molecular formula is C25H21N3O4S. The van der Waals surface area contributed by atoms with E-state index in [-0.39, 0.29) is 10.9 Å². The van der Waals surface area contributed by atoms with E-state index in [2.05, 4.69) is 16.2 Å². The van der Waals surface area contributed by atoms with Crippen LogP contribution in [0.2, 0.25) is 0 Å². The van der Waals surface area contributed by atoms with Crippen LogP contribution in [-0.4, -0.2) is 23.5 Å². The van der Waals surface area contributed by atoms with E-state index in [9.17, 15) is 9.59 Å². The lowest BCUT2D eigenvalue weighted by Gasteiger charge is -2.10. The molecule has 33 heavy (non-hydrogen) atoms. The summed E-state index contributed by atoms with van der Waals surface area (Å²) in [4.78, 5) is 24.6. The summed E-state index contributed by atoms with van der Waals surface area (Å²) in [5.74, 6) is -0.136. The predicted octanol–water partition coefficient (Wildman–Crippen LogP) is 4.00. The normalized spacial score (nSPS) is 10.4. The summed E-state index contributed by atoms with van der Waals surface area (Å²) in [7, 11) is 0. The number of benzene rings is 3. The molecule has 0 spiro atoms. The highest BCUT2D eigenvalue weighted by Crippen LogP contribution is 2.18. The van der Waals surface area contributed by atoms with Crippen molar-refractivity contribution >= 4 is 40.1 Å². The Hall–Kier alpha value is -4.17. The molecule has 3 aromatic carbocycles. The topological polar surface area (TPSA) is 92.6 Å². The number of fused-ring (bicyclic) bond motifs is 1.